The third-order valence-electron chi connectivity index (χ3n) is 3.59. The Kier molecular flexibility index (Phi) is 7.50. The lowest BCUT2D eigenvalue weighted by atomic mass is 10.2. The molecule has 1 heterocycles. The second-order valence-corrected chi connectivity index (χ2v) is 9.85. The lowest BCUT2D eigenvalue weighted by molar-refractivity contribution is -0.113. The summed E-state index contributed by atoms with van der Waals surface area (Å²) in [6, 6.07) is 15.6. The molecule has 5 nitrogen and oxygen atoms in total. The van der Waals surface area contributed by atoms with Gasteiger partial charge in [0.25, 0.3) is 0 Å². The van der Waals surface area contributed by atoms with Crippen LogP contribution in [0.5, 0.6) is 0 Å². The minimum Gasteiger partial charge on any atom is -0.300 e. The fraction of sp³-hybridized carbons (Fsp3) is 0.158. The molecule has 0 fully saturated rings. The lowest BCUT2D eigenvalue weighted by Crippen LogP contribution is -2.13. The molecule has 0 spiro atoms. The second kappa shape index (κ2) is 10.1. The third kappa shape index (κ3) is 6.07. The number of nitrogens with one attached hydrogen (secondary N) is 1. The van der Waals surface area contributed by atoms with Crippen molar-refractivity contribution in [3.05, 3.63) is 63.6 Å². The molecule has 0 unspecified atom stereocenters. The Morgan fingerprint density at radius 3 is 2.71 bits per heavy atom. The van der Waals surface area contributed by atoms with Crippen molar-refractivity contribution in [2.75, 3.05) is 11.1 Å². The van der Waals surface area contributed by atoms with Crippen LogP contribution in [0.15, 0.2) is 56.2 Å². The summed E-state index contributed by atoms with van der Waals surface area (Å²) in [4.78, 5) is 13.3. The summed E-state index contributed by atoms with van der Waals surface area (Å²) in [6.45, 7) is 2.02. The molecule has 1 aromatic heterocycles. The number of anilines is 1. The Labute approximate surface area is 184 Å². The fourth-order valence-electron chi connectivity index (χ4n) is 2.21. The first-order valence-electron chi connectivity index (χ1n) is 8.17. The van der Waals surface area contributed by atoms with Gasteiger partial charge in [-0.05, 0) is 48.4 Å². The summed E-state index contributed by atoms with van der Waals surface area (Å²) in [5.74, 6) is 0.940. The smallest absolute Gasteiger partial charge is 0.236 e. The van der Waals surface area contributed by atoms with E-state index in [4.69, 9.17) is 5.26 Å². The number of hydrogen-bond donors (Lipinski definition) is 1. The molecule has 0 atom stereocenters. The average molecular weight is 491 g/mol. The minimum absolute atomic E-state index is 0.105. The number of carbonyl (C=O) groups is 1. The molecular formula is C19H15BrN4OS3. The summed E-state index contributed by atoms with van der Waals surface area (Å²) >= 11 is 7.84. The number of nitriles is 1. The van der Waals surface area contributed by atoms with Gasteiger partial charge in [0.15, 0.2) is 4.34 Å². The fourth-order valence-corrected chi connectivity index (χ4v) is 5.22. The van der Waals surface area contributed by atoms with Crippen LogP contribution in [0.2, 0.25) is 0 Å². The highest BCUT2D eigenvalue weighted by Crippen LogP contribution is 2.29. The van der Waals surface area contributed by atoms with E-state index in [2.05, 4.69) is 37.5 Å². The maximum absolute atomic E-state index is 12.2. The van der Waals surface area contributed by atoms with Crippen LogP contribution in [-0.4, -0.2) is 21.9 Å². The molecule has 9 heteroatoms. The van der Waals surface area contributed by atoms with Crippen LogP contribution < -0.4 is 5.32 Å². The zero-order valence-electron chi connectivity index (χ0n) is 14.8. The summed E-state index contributed by atoms with van der Waals surface area (Å²) in [5, 5.41) is 20.3. The van der Waals surface area contributed by atoms with E-state index in [1.165, 1.54) is 23.1 Å². The van der Waals surface area contributed by atoms with Crippen molar-refractivity contribution < 1.29 is 4.79 Å². The standard InChI is InChI=1S/C19H15BrN4OS3/c1-12-8-15(20)6-7-16(12)26-11-17(25)22-18-23-24-19(28-18)27-10-14-4-2-13(9-21)3-5-14/h2-8H,10-11H2,1H3,(H,22,23,25). The molecule has 1 N–H and O–H groups in total. The highest BCUT2D eigenvalue weighted by atomic mass is 79.9. The van der Waals surface area contributed by atoms with Gasteiger partial charge in [-0.25, -0.2) is 0 Å². The zero-order valence-corrected chi connectivity index (χ0v) is 18.8. The highest BCUT2D eigenvalue weighted by molar-refractivity contribution is 9.10. The molecule has 0 aliphatic heterocycles. The molecule has 0 aliphatic rings. The molecule has 28 heavy (non-hydrogen) atoms. The van der Waals surface area contributed by atoms with Crippen LogP contribution >= 0.6 is 50.8 Å². The normalized spacial score (nSPS) is 10.5. The van der Waals surface area contributed by atoms with E-state index in [1.807, 2.05) is 37.3 Å². The molecule has 142 valence electrons. The van der Waals surface area contributed by atoms with E-state index in [1.54, 1.807) is 23.9 Å². The van der Waals surface area contributed by atoms with Gasteiger partial charge in [-0.3, -0.25) is 10.1 Å². The van der Waals surface area contributed by atoms with Crippen LogP contribution in [0, 0.1) is 18.3 Å². The van der Waals surface area contributed by atoms with E-state index in [0.29, 0.717) is 16.4 Å². The maximum Gasteiger partial charge on any atom is 0.236 e. The maximum atomic E-state index is 12.2. The van der Waals surface area contributed by atoms with Gasteiger partial charge in [0.05, 0.1) is 17.4 Å². The number of rotatable bonds is 7. The summed E-state index contributed by atoms with van der Waals surface area (Å²) < 4.78 is 1.81. The van der Waals surface area contributed by atoms with Gasteiger partial charge in [-0.15, -0.1) is 22.0 Å². The molecule has 3 rings (SSSR count). The summed E-state index contributed by atoms with van der Waals surface area (Å²) in [7, 11) is 0. The SMILES string of the molecule is Cc1cc(Br)ccc1SCC(=O)Nc1nnc(SCc2ccc(C#N)cc2)s1. The number of hydrogen-bond acceptors (Lipinski definition) is 7. The Balaban J connectivity index is 1.48. The van der Waals surface area contributed by atoms with Gasteiger partial charge < -0.3 is 0 Å². The van der Waals surface area contributed by atoms with E-state index < -0.39 is 0 Å². The van der Waals surface area contributed by atoms with Crippen molar-refractivity contribution in [1.82, 2.24) is 10.2 Å². The van der Waals surface area contributed by atoms with E-state index in [0.717, 1.165) is 30.6 Å². The zero-order chi connectivity index (χ0) is 19.9. The molecule has 3 aromatic rings. The van der Waals surface area contributed by atoms with Gasteiger partial charge in [-0.2, -0.15) is 5.26 Å². The number of aryl methyl sites for hydroxylation is 1. The molecule has 0 saturated heterocycles. The summed E-state index contributed by atoms with van der Waals surface area (Å²) in [6.07, 6.45) is 0. The molecule has 2 aromatic carbocycles. The number of carbonyl (C=O) groups excluding carboxylic acids is 1. The Morgan fingerprint density at radius 1 is 1.21 bits per heavy atom. The molecule has 1 amide bonds. The van der Waals surface area contributed by atoms with Gasteiger partial charge in [0.1, 0.15) is 0 Å². The largest absolute Gasteiger partial charge is 0.300 e. The van der Waals surface area contributed by atoms with Crippen LogP contribution in [-0.2, 0) is 10.5 Å². The van der Waals surface area contributed by atoms with Crippen molar-refractivity contribution in [3.63, 3.8) is 0 Å². The van der Waals surface area contributed by atoms with Crippen LogP contribution in [0.4, 0.5) is 5.13 Å². The topological polar surface area (TPSA) is 78.7 Å². The molecule has 0 saturated carbocycles. The molecular weight excluding hydrogens is 476 g/mol. The Bertz CT molecular complexity index is 1010. The number of amides is 1. The molecule has 0 bridgehead atoms. The van der Waals surface area contributed by atoms with Crippen LogP contribution in [0.3, 0.4) is 0 Å². The van der Waals surface area contributed by atoms with Crippen molar-refractivity contribution in [3.8, 4) is 6.07 Å². The number of aromatic nitrogens is 2. The quantitative estimate of drug-likeness (QED) is 0.347. The van der Waals surface area contributed by atoms with Crippen LogP contribution in [0.25, 0.3) is 0 Å². The van der Waals surface area contributed by atoms with Gasteiger partial charge in [0.2, 0.25) is 11.0 Å². The number of nitrogens with zero attached hydrogens (tertiary/aromatic N) is 3. The van der Waals surface area contributed by atoms with Crippen molar-refractivity contribution in [2.45, 2.75) is 21.9 Å². The van der Waals surface area contributed by atoms with Gasteiger partial charge in [-0.1, -0.05) is 51.2 Å². The monoisotopic (exact) mass is 490 g/mol. The third-order valence-corrected chi connectivity index (χ3v) is 7.31. The van der Waals surface area contributed by atoms with Crippen molar-refractivity contribution in [2.24, 2.45) is 0 Å². The van der Waals surface area contributed by atoms with Gasteiger partial charge in [0, 0.05) is 15.1 Å². The van der Waals surface area contributed by atoms with E-state index in [-0.39, 0.29) is 5.91 Å². The van der Waals surface area contributed by atoms with Crippen molar-refractivity contribution in [1.29, 1.82) is 5.26 Å². The van der Waals surface area contributed by atoms with Crippen LogP contribution in [0.1, 0.15) is 16.7 Å². The predicted molar refractivity (Wildman–Crippen MR) is 119 cm³/mol. The average Bonchev–Trinajstić information content (AvgIpc) is 3.13. The highest BCUT2D eigenvalue weighted by Gasteiger charge is 2.10. The molecule has 0 radical (unpaired) electrons. The number of benzene rings is 2. The second-order valence-electron chi connectivity index (χ2n) is 5.72. The summed E-state index contributed by atoms with van der Waals surface area (Å²) in [5.41, 5.74) is 2.88. The van der Waals surface area contributed by atoms with Gasteiger partial charge >= 0.3 is 0 Å². The number of thioether (sulfide) groups is 2. The van der Waals surface area contributed by atoms with E-state index >= 15 is 0 Å². The predicted octanol–water partition coefficient (Wildman–Crippen LogP) is 5.50. The lowest BCUT2D eigenvalue weighted by Gasteiger charge is -2.05. The Morgan fingerprint density at radius 2 is 2.00 bits per heavy atom. The first-order chi connectivity index (χ1) is 13.5. The Hall–Kier alpha value is -1.86. The van der Waals surface area contributed by atoms with Crippen molar-refractivity contribution >= 4 is 61.8 Å². The first kappa shape index (κ1) is 20.9. The number of halogens is 1. The molecule has 0 aliphatic carbocycles. The van der Waals surface area contributed by atoms with E-state index in [9.17, 15) is 4.79 Å². The first-order valence-corrected chi connectivity index (χ1v) is 11.8. The minimum atomic E-state index is -0.105.